The van der Waals surface area contributed by atoms with Crippen LogP contribution >= 0.6 is 0 Å². The van der Waals surface area contributed by atoms with Gasteiger partial charge in [-0.3, -0.25) is 4.57 Å². The zero-order valence-electron chi connectivity index (χ0n) is 12.6. The summed E-state index contributed by atoms with van der Waals surface area (Å²) in [6, 6.07) is 13.5. The fourth-order valence-electron chi connectivity index (χ4n) is 2.68. The summed E-state index contributed by atoms with van der Waals surface area (Å²) in [4.78, 5) is 11.5. The van der Waals surface area contributed by atoms with E-state index in [-0.39, 0.29) is 5.76 Å². The van der Waals surface area contributed by atoms with Gasteiger partial charge < -0.3 is 14.3 Å². The van der Waals surface area contributed by atoms with Crippen LogP contribution in [0.2, 0.25) is 0 Å². The van der Waals surface area contributed by atoms with Gasteiger partial charge in [0.2, 0.25) is 0 Å². The largest absolute Gasteiger partial charge is 0.419 e. The molecule has 23 heavy (non-hydrogen) atoms. The van der Waals surface area contributed by atoms with Crippen LogP contribution < -0.4 is 11.1 Å². The molecule has 0 amide bonds. The number of hydrogen-bond acceptors (Lipinski definition) is 5. The molecule has 0 bridgehead atoms. The van der Waals surface area contributed by atoms with Crippen molar-refractivity contribution in [3.63, 3.8) is 0 Å². The highest BCUT2D eigenvalue weighted by Crippen LogP contribution is 2.18. The number of aromatic nitrogens is 2. The molecule has 6 nitrogen and oxygen atoms in total. The van der Waals surface area contributed by atoms with E-state index in [1.165, 1.54) is 4.57 Å². The highest BCUT2D eigenvalue weighted by molar-refractivity contribution is 5.79. The minimum atomic E-state index is -0.348. The van der Waals surface area contributed by atoms with Gasteiger partial charge in [-0.05, 0) is 29.8 Å². The number of nitrogens with one attached hydrogen (secondary N) is 1. The molecule has 2 aromatic carbocycles. The lowest BCUT2D eigenvalue weighted by molar-refractivity contribution is 0.441. The average molecular weight is 309 g/mol. The molecule has 4 aromatic rings. The third-order valence-corrected chi connectivity index (χ3v) is 3.93. The Bertz CT molecular complexity index is 1040. The number of benzene rings is 2. The van der Waals surface area contributed by atoms with Crippen LogP contribution in [0.1, 0.15) is 11.3 Å². The molecule has 0 aliphatic rings. The Morgan fingerprint density at radius 3 is 2.91 bits per heavy atom. The minimum Gasteiger partial charge on any atom is -0.408 e. The van der Waals surface area contributed by atoms with Gasteiger partial charge in [-0.2, -0.15) is 0 Å². The van der Waals surface area contributed by atoms with E-state index in [1.54, 1.807) is 7.05 Å². The van der Waals surface area contributed by atoms with E-state index in [4.69, 9.17) is 8.94 Å². The normalized spacial score (nSPS) is 11.5. The lowest BCUT2D eigenvalue weighted by Gasteiger charge is -2.03. The summed E-state index contributed by atoms with van der Waals surface area (Å²) < 4.78 is 12.0. The summed E-state index contributed by atoms with van der Waals surface area (Å²) in [5.74, 6) is -0.348. The second-order valence-electron chi connectivity index (χ2n) is 5.46. The Morgan fingerprint density at radius 1 is 1.13 bits per heavy atom. The third kappa shape index (κ3) is 2.43. The number of aryl methyl sites for hydroxylation is 1. The first kappa shape index (κ1) is 13.8. The Balaban J connectivity index is 1.50. The van der Waals surface area contributed by atoms with Crippen molar-refractivity contribution < 1.29 is 8.94 Å². The number of fused-ring (bicyclic) bond motifs is 2. The maximum Gasteiger partial charge on any atom is 0.419 e. The van der Waals surface area contributed by atoms with Crippen LogP contribution in [0.5, 0.6) is 0 Å². The van der Waals surface area contributed by atoms with Crippen molar-refractivity contribution in [1.82, 2.24) is 15.0 Å². The molecule has 0 aliphatic carbocycles. The van der Waals surface area contributed by atoms with Gasteiger partial charge in [0.15, 0.2) is 11.2 Å². The van der Waals surface area contributed by atoms with Gasteiger partial charge in [0.1, 0.15) is 5.69 Å². The lowest BCUT2D eigenvalue weighted by atomic mass is 10.2. The van der Waals surface area contributed by atoms with Crippen LogP contribution in [0, 0.1) is 0 Å². The molecule has 4 rings (SSSR count). The van der Waals surface area contributed by atoms with Crippen LogP contribution in [-0.2, 0) is 20.1 Å². The molecule has 0 saturated heterocycles. The molecule has 0 spiro atoms. The first-order valence-corrected chi connectivity index (χ1v) is 7.35. The van der Waals surface area contributed by atoms with Gasteiger partial charge in [0.05, 0.1) is 5.52 Å². The zero-order chi connectivity index (χ0) is 15.8. The van der Waals surface area contributed by atoms with Gasteiger partial charge in [0.25, 0.3) is 0 Å². The third-order valence-electron chi connectivity index (χ3n) is 3.93. The van der Waals surface area contributed by atoms with Crippen molar-refractivity contribution in [2.45, 2.75) is 13.1 Å². The first-order valence-electron chi connectivity index (χ1n) is 7.35. The number of rotatable bonds is 4. The van der Waals surface area contributed by atoms with Crippen LogP contribution in [0.3, 0.4) is 0 Å². The Labute approximate surface area is 131 Å². The molecule has 0 atom stereocenters. The predicted octanol–water partition coefficient (Wildman–Crippen LogP) is 2.56. The quantitative estimate of drug-likeness (QED) is 0.627. The van der Waals surface area contributed by atoms with Gasteiger partial charge in [-0.25, -0.2) is 4.79 Å². The van der Waals surface area contributed by atoms with Crippen LogP contribution in [0.15, 0.2) is 56.2 Å². The maximum atomic E-state index is 11.5. The Morgan fingerprint density at radius 2 is 2.00 bits per heavy atom. The summed E-state index contributed by atoms with van der Waals surface area (Å²) in [5, 5.41) is 8.44. The fourth-order valence-corrected chi connectivity index (χ4v) is 2.68. The fraction of sp³-hybridized carbons (Fsp3) is 0.176. The van der Waals surface area contributed by atoms with E-state index in [0.29, 0.717) is 18.7 Å². The predicted molar refractivity (Wildman–Crippen MR) is 86.0 cm³/mol. The Hall–Kier alpha value is -2.86. The molecule has 2 aromatic heterocycles. The van der Waals surface area contributed by atoms with Gasteiger partial charge in [-0.1, -0.05) is 23.4 Å². The van der Waals surface area contributed by atoms with E-state index in [1.807, 2.05) is 42.5 Å². The van der Waals surface area contributed by atoms with E-state index >= 15 is 0 Å². The van der Waals surface area contributed by atoms with Crippen molar-refractivity contribution in [2.24, 2.45) is 7.05 Å². The number of para-hydroxylation sites is 1. The smallest absolute Gasteiger partial charge is 0.408 e. The molecule has 2 heterocycles. The van der Waals surface area contributed by atoms with Crippen molar-refractivity contribution >= 4 is 22.1 Å². The highest BCUT2D eigenvalue weighted by atomic mass is 16.5. The average Bonchev–Trinajstić information content (AvgIpc) is 3.09. The lowest BCUT2D eigenvalue weighted by Crippen LogP contribution is -2.13. The summed E-state index contributed by atoms with van der Waals surface area (Å²) in [7, 11) is 1.70. The summed E-state index contributed by atoms with van der Waals surface area (Å²) >= 11 is 0. The van der Waals surface area contributed by atoms with Gasteiger partial charge >= 0.3 is 5.76 Å². The molecule has 0 saturated carbocycles. The van der Waals surface area contributed by atoms with Gasteiger partial charge in [-0.15, -0.1) is 0 Å². The van der Waals surface area contributed by atoms with E-state index < -0.39 is 0 Å². The summed E-state index contributed by atoms with van der Waals surface area (Å²) in [5.41, 5.74) is 4.11. The van der Waals surface area contributed by atoms with Crippen molar-refractivity contribution in [1.29, 1.82) is 0 Å². The second-order valence-corrected chi connectivity index (χ2v) is 5.46. The standard InChI is InChI=1S/C17H15N3O3/c1-20-14-7-6-11(8-16(14)22-17(20)21)9-18-10-13-12-4-2-3-5-15(12)23-19-13/h2-8,18H,9-10H2,1H3. The highest BCUT2D eigenvalue weighted by Gasteiger charge is 2.08. The van der Waals surface area contributed by atoms with E-state index in [2.05, 4.69) is 10.5 Å². The molecule has 0 aliphatic heterocycles. The topological polar surface area (TPSA) is 73.2 Å². The molecule has 0 unspecified atom stereocenters. The van der Waals surface area contributed by atoms with Crippen LogP contribution in [0.4, 0.5) is 0 Å². The molecular formula is C17H15N3O3. The summed E-state index contributed by atoms with van der Waals surface area (Å²) in [6.07, 6.45) is 0. The molecule has 1 N–H and O–H groups in total. The zero-order valence-corrected chi connectivity index (χ0v) is 12.6. The van der Waals surface area contributed by atoms with E-state index in [0.717, 1.165) is 27.7 Å². The second kappa shape index (κ2) is 5.40. The number of nitrogens with zero attached hydrogens (tertiary/aromatic N) is 2. The van der Waals surface area contributed by atoms with Crippen LogP contribution in [0.25, 0.3) is 22.1 Å². The maximum absolute atomic E-state index is 11.5. The minimum absolute atomic E-state index is 0.348. The van der Waals surface area contributed by atoms with Crippen molar-refractivity contribution in [3.05, 3.63) is 64.3 Å². The van der Waals surface area contributed by atoms with Gasteiger partial charge in [0, 0.05) is 25.5 Å². The van der Waals surface area contributed by atoms with E-state index in [9.17, 15) is 4.79 Å². The molecular weight excluding hydrogens is 294 g/mol. The van der Waals surface area contributed by atoms with Crippen molar-refractivity contribution in [2.75, 3.05) is 0 Å². The Kier molecular flexibility index (Phi) is 3.24. The molecule has 0 fully saturated rings. The number of oxazole rings is 1. The molecule has 6 heteroatoms. The first-order chi connectivity index (χ1) is 11.2. The summed E-state index contributed by atoms with van der Waals surface area (Å²) in [6.45, 7) is 1.25. The monoisotopic (exact) mass is 309 g/mol. The van der Waals surface area contributed by atoms with Crippen molar-refractivity contribution in [3.8, 4) is 0 Å². The molecule has 116 valence electrons. The molecule has 0 radical (unpaired) electrons. The van der Waals surface area contributed by atoms with Crippen LogP contribution in [-0.4, -0.2) is 9.72 Å². The number of hydrogen-bond donors (Lipinski definition) is 1. The SMILES string of the molecule is Cn1c(=O)oc2cc(CNCc3noc4ccccc34)ccc21.